The summed E-state index contributed by atoms with van der Waals surface area (Å²) in [6.45, 7) is 1.78. The Morgan fingerprint density at radius 3 is 2.42 bits per heavy atom. The first-order chi connectivity index (χ1) is 11.5. The van der Waals surface area contributed by atoms with Crippen molar-refractivity contribution in [3.63, 3.8) is 0 Å². The number of carboxylic acids is 1. The van der Waals surface area contributed by atoms with Crippen LogP contribution in [0.3, 0.4) is 0 Å². The van der Waals surface area contributed by atoms with E-state index in [9.17, 15) is 9.59 Å². The Labute approximate surface area is 139 Å². The number of carboxylic acid groups (broad SMARTS) is 1. The highest BCUT2D eigenvalue weighted by molar-refractivity contribution is 5.95. The van der Waals surface area contributed by atoms with Gasteiger partial charge in [0.25, 0.3) is 0 Å². The number of aromatic carboxylic acids is 1. The Morgan fingerprint density at radius 1 is 0.958 bits per heavy atom. The van der Waals surface area contributed by atoms with Crippen LogP contribution in [0, 0.1) is 6.92 Å². The molecule has 3 rings (SSSR count). The summed E-state index contributed by atoms with van der Waals surface area (Å²) < 4.78 is 0. The molecule has 0 saturated carbocycles. The predicted molar refractivity (Wildman–Crippen MR) is 94.4 cm³/mol. The van der Waals surface area contributed by atoms with Crippen LogP contribution >= 0.6 is 0 Å². The molecule has 0 aliphatic carbocycles. The molecule has 0 aliphatic rings. The lowest BCUT2D eigenvalue weighted by atomic mass is 10.0. The second kappa shape index (κ2) is 6.54. The lowest BCUT2D eigenvalue weighted by Crippen LogP contribution is -2.15. The van der Waals surface area contributed by atoms with Gasteiger partial charge in [-0.2, -0.15) is 0 Å². The number of carbonyl (C=O) groups excluding carboxylic acids is 1. The molecule has 3 aromatic carbocycles. The molecule has 2 N–H and O–H groups in total. The summed E-state index contributed by atoms with van der Waals surface area (Å²) >= 11 is 0. The molecule has 0 fully saturated rings. The molecule has 0 bridgehead atoms. The molecule has 4 heteroatoms. The molecule has 0 aliphatic heterocycles. The summed E-state index contributed by atoms with van der Waals surface area (Å²) in [5, 5.41) is 14.1. The van der Waals surface area contributed by atoms with E-state index in [1.54, 1.807) is 19.1 Å². The Morgan fingerprint density at radius 2 is 1.71 bits per heavy atom. The quantitative estimate of drug-likeness (QED) is 0.763. The number of rotatable bonds is 4. The molecular formula is C20H17NO3. The first-order valence-electron chi connectivity index (χ1n) is 7.64. The summed E-state index contributed by atoms with van der Waals surface area (Å²) in [4.78, 5) is 23.2. The number of amides is 1. The zero-order chi connectivity index (χ0) is 17.1. The van der Waals surface area contributed by atoms with Crippen molar-refractivity contribution in [2.45, 2.75) is 13.3 Å². The maximum absolute atomic E-state index is 12.3. The third-order valence-corrected chi connectivity index (χ3v) is 3.93. The highest BCUT2D eigenvalue weighted by Crippen LogP contribution is 2.19. The van der Waals surface area contributed by atoms with E-state index < -0.39 is 5.97 Å². The summed E-state index contributed by atoms with van der Waals surface area (Å²) in [6, 6.07) is 18.6. The summed E-state index contributed by atoms with van der Waals surface area (Å²) in [6.07, 6.45) is 0.269. The second-order valence-electron chi connectivity index (χ2n) is 5.74. The molecule has 0 radical (unpaired) electrons. The number of hydrogen-bond donors (Lipinski definition) is 2. The highest BCUT2D eigenvalue weighted by Gasteiger charge is 2.09. The lowest BCUT2D eigenvalue weighted by Gasteiger charge is -2.09. The van der Waals surface area contributed by atoms with Crippen LogP contribution in [0.2, 0.25) is 0 Å². The lowest BCUT2D eigenvalue weighted by molar-refractivity contribution is -0.115. The van der Waals surface area contributed by atoms with Gasteiger partial charge in [-0.05, 0) is 47.0 Å². The largest absolute Gasteiger partial charge is 0.478 e. The minimum Gasteiger partial charge on any atom is -0.478 e. The van der Waals surface area contributed by atoms with E-state index in [0.717, 1.165) is 21.9 Å². The molecule has 3 aromatic rings. The maximum Gasteiger partial charge on any atom is 0.335 e. The average Bonchev–Trinajstić information content (AvgIpc) is 2.56. The predicted octanol–water partition coefficient (Wildman–Crippen LogP) is 4.03. The molecule has 1 amide bonds. The molecule has 120 valence electrons. The molecular weight excluding hydrogens is 302 g/mol. The number of nitrogens with one attached hydrogen (secondary N) is 1. The van der Waals surface area contributed by atoms with Gasteiger partial charge in [-0.15, -0.1) is 0 Å². The van der Waals surface area contributed by atoms with E-state index in [1.807, 2.05) is 42.5 Å². The monoisotopic (exact) mass is 319 g/mol. The normalized spacial score (nSPS) is 10.5. The molecule has 0 unspecified atom stereocenters. The molecule has 24 heavy (non-hydrogen) atoms. The number of carbonyl (C=O) groups is 2. The molecule has 0 atom stereocenters. The van der Waals surface area contributed by atoms with Crippen LogP contribution in [0.4, 0.5) is 5.69 Å². The van der Waals surface area contributed by atoms with Crippen LogP contribution in [0.5, 0.6) is 0 Å². The van der Waals surface area contributed by atoms with E-state index >= 15 is 0 Å². The first kappa shape index (κ1) is 15.7. The van der Waals surface area contributed by atoms with Crippen molar-refractivity contribution in [1.82, 2.24) is 0 Å². The molecule has 0 spiro atoms. The molecule has 0 saturated heterocycles. The van der Waals surface area contributed by atoms with E-state index in [0.29, 0.717) is 5.69 Å². The average molecular weight is 319 g/mol. The maximum atomic E-state index is 12.3. The van der Waals surface area contributed by atoms with Crippen molar-refractivity contribution in [1.29, 1.82) is 0 Å². The highest BCUT2D eigenvalue weighted by atomic mass is 16.4. The van der Waals surface area contributed by atoms with Crippen molar-refractivity contribution in [2.75, 3.05) is 5.32 Å². The van der Waals surface area contributed by atoms with Crippen LogP contribution in [0.15, 0.2) is 60.7 Å². The van der Waals surface area contributed by atoms with Gasteiger partial charge in [0.15, 0.2) is 0 Å². The third-order valence-electron chi connectivity index (χ3n) is 3.93. The van der Waals surface area contributed by atoms with Gasteiger partial charge in [-0.1, -0.05) is 42.5 Å². The Hall–Kier alpha value is -3.14. The van der Waals surface area contributed by atoms with E-state index in [4.69, 9.17) is 5.11 Å². The van der Waals surface area contributed by atoms with Gasteiger partial charge in [0.1, 0.15) is 0 Å². The van der Waals surface area contributed by atoms with Gasteiger partial charge in [-0.3, -0.25) is 4.79 Å². The van der Waals surface area contributed by atoms with Crippen molar-refractivity contribution >= 4 is 28.3 Å². The topological polar surface area (TPSA) is 66.4 Å². The summed E-state index contributed by atoms with van der Waals surface area (Å²) in [5.74, 6) is -1.11. The Kier molecular flexibility index (Phi) is 4.29. The number of fused-ring (bicyclic) bond motifs is 1. The van der Waals surface area contributed by atoms with Crippen LogP contribution in [0.1, 0.15) is 21.5 Å². The van der Waals surface area contributed by atoms with Crippen LogP contribution in [-0.2, 0) is 11.2 Å². The van der Waals surface area contributed by atoms with E-state index in [1.165, 1.54) is 6.07 Å². The zero-order valence-corrected chi connectivity index (χ0v) is 13.2. The minimum absolute atomic E-state index is 0.128. The smallest absolute Gasteiger partial charge is 0.335 e. The molecule has 4 nitrogen and oxygen atoms in total. The fourth-order valence-corrected chi connectivity index (χ4v) is 2.67. The number of anilines is 1. The Balaban J connectivity index is 1.74. The van der Waals surface area contributed by atoms with Gasteiger partial charge in [0.05, 0.1) is 12.0 Å². The fraction of sp³-hybridized carbons (Fsp3) is 0.100. The number of benzene rings is 3. The third kappa shape index (κ3) is 3.43. The minimum atomic E-state index is -0.979. The van der Waals surface area contributed by atoms with Gasteiger partial charge in [0.2, 0.25) is 5.91 Å². The number of aryl methyl sites for hydroxylation is 1. The van der Waals surface area contributed by atoms with Gasteiger partial charge in [0, 0.05) is 5.69 Å². The second-order valence-corrected chi connectivity index (χ2v) is 5.74. The number of hydrogen-bond acceptors (Lipinski definition) is 2. The SMILES string of the molecule is Cc1cc(C(=O)O)ccc1NC(=O)Cc1ccc2ccccc2c1. The van der Waals surface area contributed by atoms with E-state index in [-0.39, 0.29) is 17.9 Å². The van der Waals surface area contributed by atoms with Gasteiger partial charge < -0.3 is 10.4 Å². The van der Waals surface area contributed by atoms with Crippen LogP contribution in [0.25, 0.3) is 10.8 Å². The first-order valence-corrected chi connectivity index (χ1v) is 7.64. The van der Waals surface area contributed by atoms with Gasteiger partial charge in [-0.25, -0.2) is 4.79 Å². The van der Waals surface area contributed by atoms with Crippen LogP contribution in [-0.4, -0.2) is 17.0 Å². The van der Waals surface area contributed by atoms with Crippen molar-refractivity contribution in [3.05, 3.63) is 77.4 Å². The fourth-order valence-electron chi connectivity index (χ4n) is 2.67. The zero-order valence-electron chi connectivity index (χ0n) is 13.2. The van der Waals surface area contributed by atoms with E-state index in [2.05, 4.69) is 5.32 Å². The van der Waals surface area contributed by atoms with Crippen LogP contribution < -0.4 is 5.32 Å². The van der Waals surface area contributed by atoms with Crippen molar-refractivity contribution in [2.24, 2.45) is 0 Å². The van der Waals surface area contributed by atoms with Gasteiger partial charge >= 0.3 is 5.97 Å². The Bertz CT molecular complexity index is 931. The molecule has 0 heterocycles. The summed E-state index contributed by atoms with van der Waals surface area (Å²) in [5.41, 5.74) is 2.50. The van der Waals surface area contributed by atoms with Crippen molar-refractivity contribution < 1.29 is 14.7 Å². The summed E-state index contributed by atoms with van der Waals surface area (Å²) in [7, 11) is 0. The van der Waals surface area contributed by atoms with Crippen molar-refractivity contribution in [3.8, 4) is 0 Å². The standard InChI is InChI=1S/C20H17NO3/c1-13-10-17(20(23)24)8-9-18(13)21-19(22)12-14-6-7-15-4-2-3-5-16(15)11-14/h2-11H,12H2,1H3,(H,21,22)(H,23,24). The molecule has 0 aromatic heterocycles.